The molecule has 40 heavy (non-hydrogen) atoms. The maximum absolute atomic E-state index is 14.3. The molecule has 206 valence electrons. The minimum Gasteiger partial charge on any atom is -0.347 e. The normalized spacial score (nSPS) is 17.7. The first-order valence-electron chi connectivity index (χ1n) is 14.2. The van der Waals surface area contributed by atoms with E-state index in [2.05, 4.69) is 17.1 Å². The van der Waals surface area contributed by atoms with Gasteiger partial charge in [0.15, 0.2) is 5.79 Å². The van der Waals surface area contributed by atoms with Crippen LogP contribution in [0.1, 0.15) is 53.8 Å². The molecule has 2 saturated heterocycles. The summed E-state index contributed by atoms with van der Waals surface area (Å²) in [6.45, 7) is 5.27. The molecule has 7 nitrogen and oxygen atoms in total. The van der Waals surface area contributed by atoms with E-state index in [-0.39, 0.29) is 17.5 Å². The smallest absolute Gasteiger partial charge is 0.263 e. The van der Waals surface area contributed by atoms with Crippen molar-refractivity contribution in [1.29, 1.82) is 0 Å². The summed E-state index contributed by atoms with van der Waals surface area (Å²) in [7, 11) is 0. The number of para-hydroxylation sites is 1. The third kappa shape index (κ3) is 5.08. The summed E-state index contributed by atoms with van der Waals surface area (Å²) in [5.74, 6) is -0.675. The molecule has 4 aromatic rings. The number of amides is 1. The van der Waals surface area contributed by atoms with Crippen molar-refractivity contribution in [2.75, 3.05) is 26.3 Å². The van der Waals surface area contributed by atoms with Crippen molar-refractivity contribution < 1.29 is 14.3 Å². The van der Waals surface area contributed by atoms with Crippen LogP contribution in [0.3, 0.4) is 0 Å². The predicted octanol–water partition coefficient (Wildman–Crippen LogP) is 5.21. The van der Waals surface area contributed by atoms with Gasteiger partial charge in [-0.2, -0.15) is 0 Å². The molecule has 3 aromatic carbocycles. The molecule has 2 aliphatic rings. The van der Waals surface area contributed by atoms with Gasteiger partial charge in [0.2, 0.25) is 0 Å². The SMILES string of the molecule is CC[C@H](NC(=O)c1c(CN2CCC3(CC2)OCCO3)n(-c2ccccc2)c(=O)c2ccccc12)c1ccccc1. The molecular weight excluding hydrogens is 502 g/mol. The molecular formula is C33H35N3O4. The minimum absolute atomic E-state index is 0.126. The Morgan fingerprint density at radius 2 is 1.48 bits per heavy atom. The Kier molecular flexibility index (Phi) is 7.52. The molecule has 1 atom stereocenters. The van der Waals surface area contributed by atoms with E-state index in [1.54, 1.807) is 4.57 Å². The zero-order chi connectivity index (χ0) is 27.5. The number of piperidine rings is 1. The van der Waals surface area contributed by atoms with Gasteiger partial charge in [-0.15, -0.1) is 0 Å². The van der Waals surface area contributed by atoms with Gasteiger partial charge >= 0.3 is 0 Å². The quantitative estimate of drug-likeness (QED) is 0.350. The maximum Gasteiger partial charge on any atom is 0.263 e. The highest BCUT2D eigenvalue weighted by Crippen LogP contribution is 2.33. The Morgan fingerprint density at radius 1 is 0.875 bits per heavy atom. The number of nitrogens with zero attached hydrogens (tertiary/aromatic N) is 2. The summed E-state index contributed by atoms with van der Waals surface area (Å²) in [6.07, 6.45) is 2.25. The summed E-state index contributed by atoms with van der Waals surface area (Å²) in [5.41, 5.74) is 2.91. The number of hydrogen-bond donors (Lipinski definition) is 1. The second kappa shape index (κ2) is 11.4. The summed E-state index contributed by atoms with van der Waals surface area (Å²) < 4.78 is 13.6. The van der Waals surface area contributed by atoms with Crippen molar-refractivity contribution >= 4 is 16.7 Å². The average molecular weight is 538 g/mol. The number of aromatic nitrogens is 1. The first kappa shape index (κ1) is 26.4. The fourth-order valence-corrected chi connectivity index (χ4v) is 6.04. The van der Waals surface area contributed by atoms with Gasteiger partial charge in [-0.1, -0.05) is 73.7 Å². The third-order valence-electron chi connectivity index (χ3n) is 8.15. The highest BCUT2D eigenvalue weighted by atomic mass is 16.7. The predicted molar refractivity (Wildman–Crippen MR) is 156 cm³/mol. The zero-order valence-electron chi connectivity index (χ0n) is 22.8. The van der Waals surface area contributed by atoms with E-state index in [1.165, 1.54) is 0 Å². The van der Waals surface area contributed by atoms with Crippen LogP contribution in [0.2, 0.25) is 0 Å². The first-order chi connectivity index (χ1) is 19.6. The van der Waals surface area contributed by atoms with E-state index in [9.17, 15) is 9.59 Å². The molecule has 1 amide bonds. The Bertz CT molecular complexity index is 1540. The van der Waals surface area contributed by atoms with E-state index >= 15 is 0 Å². The van der Waals surface area contributed by atoms with Crippen LogP contribution in [0.5, 0.6) is 0 Å². The van der Waals surface area contributed by atoms with Crippen molar-refractivity contribution in [2.45, 2.75) is 44.6 Å². The minimum atomic E-state index is -0.497. The standard InChI is InChI=1S/C33H35N3O4/c1-2-28(24-11-5-3-6-12-24)34-31(37)30-26-15-9-10-16-27(26)32(38)36(25-13-7-4-8-14-25)29(30)23-35-19-17-33(18-20-35)39-21-22-40-33/h3-16,28H,2,17-23H2,1H3,(H,34,37)/t28-/m0/s1. The molecule has 7 heteroatoms. The Hall–Kier alpha value is -3.78. The van der Waals surface area contributed by atoms with Crippen LogP contribution in [0.25, 0.3) is 16.5 Å². The highest BCUT2D eigenvalue weighted by Gasteiger charge is 2.40. The van der Waals surface area contributed by atoms with Crippen molar-refractivity contribution in [3.63, 3.8) is 0 Å². The summed E-state index contributed by atoms with van der Waals surface area (Å²) in [6, 6.07) is 26.9. The molecule has 0 radical (unpaired) electrons. The fraction of sp³-hybridized carbons (Fsp3) is 0.333. The van der Waals surface area contributed by atoms with Gasteiger partial charge in [-0.05, 0) is 30.2 Å². The lowest BCUT2D eigenvalue weighted by atomic mass is 9.98. The number of nitrogens with one attached hydrogen (secondary N) is 1. The van der Waals surface area contributed by atoms with Gasteiger partial charge in [0.05, 0.1) is 30.5 Å². The number of carbonyl (C=O) groups is 1. The number of fused-ring (bicyclic) bond motifs is 1. The monoisotopic (exact) mass is 537 g/mol. The Morgan fingerprint density at radius 3 is 2.12 bits per heavy atom. The van der Waals surface area contributed by atoms with Crippen LogP contribution >= 0.6 is 0 Å². The van der Waals surface area contributed by atoms with E-state index in [4.69, 9.17) is 9.47 Å². The van der Waals surface area contributed by atoms with Crippen LogP contribution in [-0.2, 0) is 16.0 Å². The van der Waals surface area contributed by atoms with Crippen LogP contribution in [0, 0.1) is 0 Å². The molecule has 0 bridgehead atoms. The topological polar surface area (TPSA) is 72.8 Å². The second-order valence-corrected chi connectivity index (χ2v) is 10.6. The van der Waals surface area contributed by atoms with Crippen LogP contribution in [0.15, 0.2) is 89.7 Å². The van der Waals surface area contributed by atoms with E-state index < -0.39 is 5.79 Å². The van der Waals surface area contributed by atoms with Crippen molar-refractivity contribution in [2.24, 2.45) is 0 Å². The number of hydrogen-bond acceptors (Lipinski definition) is 5. The fourth-order valence-electron chi connectivity index (χ4n) is 6.04. The van der Waals surface area contributed by atoms with E-state index in [0.29, 0.717) is 41.8 Å². The number of rotatable bonds is 7. The lowest BCUT2D eigenvalue weighted by Gasteiger charge is -2.38. The summed E-state index contributed by atoms with van der Waals surface area (Å²) in [4.78, 5) is 30.6. The molecule has 0 unspecified atom stereocenters. The molecule has 1 aromatic heterocycles. The van der Waals surface area contributed by atoms with Crippen molar-refractivity contribution in [3.8, 4) is 5.69 Å². The first-order valence-corrected chi connectivity index (χ1v) is 14.2. The lowest BCUT2D eigenvalue weighted by molar-refractivity contribution is -0.185. The van der Waals surface area contributed by atoms with Gasteiger partial charge in [0, 0.05) is 48.9 Å². The molecule has 6 rings (SSSR count). The summed E-state index contributed by atoms with van der Waals surface area (Å²) >= 11 is 0. The molecule has 3 heterocycles. The van der Waals surface area contributed by atoms with Crippen molar-refractivity contribution in [3.05, 3.63) is 112 Å². The van der Waals surface area contributed by atoms with Crippen LogP contribution in [-0.4, -0.2) is 47.5 Å². The van der Waals surface area contributed by atoms with E-state index in [1.807, 2.05) is 84.9 Å². The highest BCUT2D eigenvalue weighted by molar-refractivity contribution is 6.08. The number of ether oxygens (including phenoxy) is 2. The molecule has 0 aliphatic carbocycles. The molecule has 0 saturated carbocycles. The molecule has 2 fully saturated rings. The number of likely N-dealkylation sites (tertiary alicyclic amines) is 1. The number of carbonyl (C=O) groups excluding carboxylic acids is 1. The molecule has 1 spiro atoms. The van der Waals surface area contributed by atoms with Crippen molar-refractivity contribution in [1.82, 2.24) is 14.8 Å². The second-order valence-electron chi connectivity index (χ2n) is 10.6. The van der Waals surface area contributed by atoms with Gasteiger partial charge in [-0.25, -0.2) is 0 Å². The van der Waals surface area contributed by atoms with Crippen LogP contribution < -0.4 is 10.9 Å². The Balaban J connectivity index is 1.46. The maximum atomic E-state index is 14.3. The molecule has 2 aliphatic heterocycles. The van der Waals surface area contributed by atoms with Gasteiger partial charge < -0.3 is 14.8 Å². The van der Waals surface area contributed by atoms with Crippen LogP contribution in [0.4, 0.5) is 0 Å². The van der Waals surface area contributed by atoms with E-state index in [0.717, 1.165) is 43.6 Å². The average Bonchev–Trinajstić information content (AvgIpc) is 3.46. The van der Waals surface area contributed by atoms with Gasteiger partial charge in [0.25, 0.3) is 11.5 Å². The van der Waals surface area contributed by atoms with Gasteiger partial charge in [0.1, 0.15) is 0 Å². The van der Waals surface area contributed by atoms with Gasteiger partial charge in [-0.3, -0.25) is 19.1 Å². The Labute approximate surface area is 234 Å². The number of pyridine rings is 1. The summed E-state index contributed by atoms with van der Waals surface area (Å²) in [5, 5.41) is 4.49. The lowest BCUT2D eigenvalue weighted by Crippen LogP contribution is -2.45. The third-order valence-corrected chi connectivity index (χ3v) is 8.15. The largest absolute Gasteiger partial charge is 0.347 e. The molecule has 1 N–H and O–H groups in total. The number of benzene rings is 3. The zero-order valence-corrected chi connectivity index (χ0v) is 22.8.